The Balaban J connectivity index is 1.58. The number of benzene rings is 1. The molecule has 2 N–H and O–H groups in total. The molecule has 0 fully saturated rings. The lowest BCUT2D eigenvalue weighted by molar-refractivity contribution is 0.262. The van der Waals surface area contributed by atoms with Gasteiger partial charge in [-0.1, -0.05) is 37.3 Å². The van der Waals surface area contributed by atoms with Crippen molar-refractivity contribution in [2.24, 2.45) is 5.92 Å². The summed E-state index contributed by atoms with van der Waals surface area (Å²) in [6.45, 7) is 4.36. The van der Waals surface area contributed by atoms with Crippen LogP contribution in [0.5, 0.6) is 0 Å². The largest absolute Gasteiger partial charge is 0.325 e. The van der Waals surface area contributed by atoms with Crippen molar-refractivity contribution in [3.05, 3.63) is 54.4 Å². The summed E-state index contributed by atoms with van der Waals surface area (Å²) >= 11 is 1.30. The summed E-state index contributed by atoms with van der Waals surface area (Å²) in [4.78, 5) is 16.1. The first-order chi connectivity index (χ1) is 12.1. The number of rotatable bonds is 5. The monoisotopic (exact) mass is 353 g/mol. The van der Waals surface area contributed by atoms with Crippen LogP contribution in [0.4, 0.5) is 15.6 Å². The Labute approximate surface area is 150 Å². The van der Waals surface area contributed by atoms with Crippen LogP contribution in [0, 0.1) is 5.92 Å². The van der Waals surface area contributed by atoms with Gasteiger partial charge in [0.15, 0.2) is 5.01 Å². The van der Waals surface area contributed by atoms with E-state index >= 15 is 0 Å². The third-order valence-corrected chi connectivity index (χ3v) is 4.30. The number of aromatic nitrogens is 3. The maximum absolute atomic E-state index is 12.1. The van der Waals surface area contributed by atoms with E-state index in [-0.39, 0.29) is 6.03 Å². The van der Waals surface area contributed by atoms with Gasteiger partial charge < -0.3 is 5.32 Å². The number of carbonyl (C=O) groups excluding carboxylic acids is 1. The maximum atomic E-state index is 12.1. The van der Waals surface area contributed by atoms with Crippen LogP contribution in [0.15, 0.2) is 48.8 Å². The van der Waals surface area contributed by atoms with E-state index in [0.717, 1.165) is 17.7 Å². The number of carbonyl (C=O) groups is 1. The highest BCUT2D eigenvalue weighted by Gasteiger charge is 2.10. The second-order valence-corrected chi connectivity index (χ2v) is 7.01. The van der Waals surface area contributed by atoms with Gasteiger partial charge in [0.25, 0.3) is 0 Å². The number of pyridine rings is 1. The molecule has 0 aliphatic carbocycles. The molecule has 3 aromatic rings. The van der Waals surface area contributed by atoms with Crippen molar-refractivity contribution in [1.29, 1.82) is 0 Å². The Morgan fingerprint density at radius 2 is 1.92 bits per heavy atom. The number of anilines is 2. The molecule has 0 spiro atoms. The molecular formula is C18H19N5OS. The van der Waals surface area contributed by atoms with Gasteiger partial charge in [0.05, 0.1) is 0 Å². The molecule has 2 amide bonds. The zero-order valence-corrected chi connectivity index (χ0v) is 14.9. The molecule has 0 atom stereocenters. The molecule has 0 aliphatic rings. The Morgan fingerprint density at radius 1 is 1.12 bits per heavy atom. The normalized spacial score (nSPS) is 10.7. The molecule has 0 radical (unpaired) electrons. The summed E-state index contributed by atoms with van der Waals surface area (Å²) in [6, 6.07) is 11.2. The predicted molar refractivity (Wildman–Crippen MR) is 101 cm³/mol. The highest BCUT2D eigenvalue weighted by Crippen LogP contribution is 2.25. The minimum atomic E-state index is -0.342. The lowest BCUT2D eigenvalue weighted by Crippen LogP contribution is -2.19. The fourth-order valence-corrected chi connectivity index (χ4v) is 3.06. The fourth-order valence-electron chi connectivity index (χ4n) is 2.33. The van der Waals surface area contributed by atoms with Crippen LogP contribution in [0.1, 0.15) is 19.4 Å². The van der Waals surface area contributed by atoms with Gasteiger partial charge >= 0.3 is 6.03 Å². The van der Waals surface area contributed by atoms with Crippen LogP contribution in [0.25, 0.3) is 10.6 Å². The average molecular weight is 353 g/mol. The summed E-state index contributed by atoms with van der Waals surface area (Å²) < 4.78 is 0. The van der Waals surface area contributed by atoms with Gasteiger partial charge in [0, 0.05) is 23.6 Å². The molecule has 7 heteroatoms. The number of amides is 2. The van der Waals surface area contributed by atoms with E-state index in [2.05, 4.69) is 39.7 Å². The molecule has 0 saturated carbocycles. The quantitative estimate of drug-likeness (QED) is 0.710. The van der Waals surface area contributed by atoms with Crippen LogP contribution in [0.2, 0.25) is 0 Å². The van der Waals surface area contributed by atoms with Crippen molar-refractivity contribution in [2.75, 3.05) is 10.6 Å². The zero-order valence-electron chi connectivity index (χ0n) is 14.1. The van der Waals surface area contributed by atoms with E-state index in [1.54, 1.807) is 12.4 Å². The molecule has 1 aromatic carbocycles. The SMILES string of the molecule is CC(C)Cc1ccc(NC(=O)Nc2nnc(-c3cccnc3)s2)cc1. The third-order valence-electron chi connectivity index (χ3n) is 3.41. The van der Waals surface area contributed by atoms with E-state index < -0.39 is 0 Å². The topological polar surface area (TPSA) is 79.8 Å². The fraction of sp³-hybridized carbons (Fsp3) is 0.222. The molecule has 2 heterocycles. The van der Waals surface area contributed by atoms with E-state index in [4.69, 9.17) is 0 Å². The molecule has 25 heavy (non-hydrogen) atoms. The first-order valence-corrected chi connectivity index (χ1v) is 8.82. The summed E-state index contributed by atoms with van der Waals surface area (Å²) in [7, 11) is 0. The number of urea groups is 1. The molecule has 0 bridgehead atoms. The standard InChI is InChI=1S/C18H19N5OS/c1-12(2)10-13-5-7-15(8-6-13)20-17(24)21-18-23-22-16(25-18)14-4-3-9-19-11-14/h3-9,11-12H,10H2,1-2H3,(H2,20,21,23,24). The van der Waals surface area contributed by atoms with Crippen LogP contribution >= 0.6 is 11.3 Å². The van der Waals surface area contributed by atoms with Gasteiger partial charge in [-0.2, -0.15) is 0 Å². The van der Waals surface area contributed by atoms with Gasteiger partial charge in [-0.05, 0) is 42.2 Å². The number of hydrogen-bond donors (Lipinski definition) is 2. The van der Waals surface area contributed by atoms with Crippen molar-refractivity contribution in [2.45, 2.75) is 20.3 Å². The first-order valence-electron chi connectivity index (χ1n) is 8.01. The second kappa shape index (κ2) is 7.85. The molecule has 3 rings (SSSR count). The average Bonchev–Trinajstić information content (AvgIpc) is 3.05. The summed E-state index contributed by atoms with van der Waals surface area (Å²) in [6.07, 6.45) is 4.43. The molecule has 6 nitrogen and oxygen atoms in total. The lowest BCUT2D eigenvalue weighted by Gasteiger charge is -2.08. The van der Waals surface area contributed by atoms with Crippen molar-refractivity contribution in [1.82, 2.24) is 15.2 Å². The predicted octanol–water partition coefficient (Wildman–Crippen LogP) is 4.44. The van der Waals surface area contributed by atoms with E-state index in [9.17, 15) is 4.79 Å². The van der Waals surface area contributed by atoms with E-state index in [0.29, 0.717) is 16.1 Å². The maximum Gasteiger partial charge on any atom is 0.325 e. The smallest absolute Gasteiger partial charge is 0.308 e. The minimum Gasteiger partial charge on any atom is -0.308 e. The van der Waals surface area contributed by atoms with Crippen LogP contribution < -0.4 is 10.6 Å². The molecular weight excluding hydrogens is 334 g/mol. The van der Waals surface area contributed by atoms with E-state index in [1.807, 2.05) is 36.4 Å². The number of nitrogens with zero attached hydrogens (tertiary/aromatic N) is 3. The highest BCUT2D eigenvalue weighted by atomic mass is 32.1. The summed E-state index contributed by atoms with van der Waals surface area (Å²) in [5.74, 6) is 0.605. The van der Waals surface area contributed by atoms with Gasteiger partial charge in [0.2, 0.25) is 5.13 Å². The van der Waals surface area contributed by atoms with Crippen molar-refractivity contribution >= 4 is 28.2 Å². The van der Waals surface area contributed by atoms with Crippen molar-refractivity contribution in [3.8, 4) is 10.6 Å². The third kappa shape index (κ3) is 4.84. The molecule has 2 aromatic heterocycles. The molecule has 0 saturated heterocycles. The summed E-state index contributed by atoms with van der Waals surface area (Å²) in [5.41, 5.74) is 2.86. The van der Waals surface area contributed by atoms with Crippen LogP contribution in [0.3, 0.4) is 0 Å². The van der Waals surface area contributed by atoms with Gasteiger partial charge in [-0.3, -0.25) is 10.3 Å². The molecule has 0 unspecified atom stereocenters. The Kier molecular flexibility index (Phi) is 5.35. The van der Waals surface area contributed by atoms with E-state index in [1.165, 1.54) is 16.9 Å². The number of nitrogens with one attached hydrogen (secondary N) is 2. The Bertz CT molecular complexity index is 830. The first kappa shape index (κ1) is 17.0. The van der Waals surface area contributed by atoms with Gasteiger partial charge in [-0.25, -0.2) is 4.79 Å². The Morgan fingerprint density at radius 3 is 2.60 bits per heavy atom. The number of hydrogen-bond acceptors (Lipinski definition) is 5. The summed E-state index contributed by atoms with van der Waals surface area (Å²) in [5, 5.41) is 14.7. The van der Waals surface area contributed by atoms with Gasteiger partial charge in [0.1, 0.15) is 0 Å². The lowest BCUT2D eigenvalue weighted by atomic mass is 10.0. The van der Waals surface area contributed by atoms with Crippen molar-refractivity contribution in [3.63, 3.8) is 0 Å². The van der Waals surface area contributed by atoms with Crippen LogP contribution in [-0.2, 0) is 6.42 Å². The molecule has 0 aliphatic heterocycles. The van der Waals surface area contributed by atoms with Crippen molar-refractivity contribution < 1.29 is 4.79 Å². The highest BCUT2D eigenvalue weighted by molar-refractivity contribution is 7.18. The minimum absolute atomic E-state index is 0.342. The van der Waals surface area contributed by atoms with Gasteiger partial charge in [-0.15, -0.1) is 10.2 Å². The second-order valence-electron chi connectivity index (χ2n) is 6.03. The Hall–Kier alpha value is -2.80. The zero-order chi connectivity index (χ0) is 17.6. The molecule has 128 valence electrons. The van der Waals surface area contributed by atoms with Crippen LogP contribution in [-0.4, -0.2) is 21.2 Å².